The molecule has 0 fully saturated rings. The highest BCUT2D eigenvalue weighted by molar-refractivity contribution is 7.80. The predicted molar refractivity (Wildman–Crippen MR) is 106 cm³/mol. The van der Waals surface area contributed by atoms with E-state index in [1.165, 1.54) is 21.7 Å². The van der Waals surface area contributed by atoms with Crippen LogP contribution in [0.1, 0.15) is 28.7 Å². The molecule has 0 saturated heterocycles. The number of nitrogens with two attached hydrogens (primary N) is 1. The van der Waals surface area contributed by atoms with Gasteiger partial charge in [0.25, 0.3) is 5.91 Å². The first-order valence-electron chi connectivity index (χ1n) is 8.69. The molecule has 5 nitrogen and oxygen atoms in total. The molecule has 1 amide bonds. The van der Waals surface area contributed by atoms with Gasteiger partial charge in [-0.2, -0.15) is 0 Å². The zero-order valence-corrected chi connectivity index (χ0v) is 15.6. The van der Waals surface area contributed by atoms with Gasteiger partial charge in [-0.3, -0.25) is 15.2 Å². The van der Waals surface area contributed by atoms with Gasteiger partial charge in [-0.1, -0.05) is 36.4 Å². The maximum atomic E-state index is 12.3. The monoisotopic (exact) mass is 369 g/mol. The standard InChI is InChI=1S/C20H23N3O2S/c1-14-10-11-18(17-9-5-8-16(14)17)25-13-19(24)22-23(20(21)26)12-15-6-3-2-4-7-15/h2-4,6-7,10-11H,5,8-9,12-13H2,1H3,(H2,21,26)(H,22,24). The second-order valence-corrected chi connectivity index (χ2v) is 6.84. The largest absolute Gasteiger partial charge is 0.483 e. The molecule has 3 N–H and O–H groups in total. The van der Waals surface area contributed by atoms with Gasteiger partial charge in [0.15, 0.2) is 11.7 Å². The smallest absolute Gasteiger partial charge is 0.276 e. The fraction of sp³-hybridized carbons (Fsp3) is 0.300. The molecule has 136 valence electrons. The van der Waals surface area contributed by atoms with E-state index >= 15 is 0 Å². The topological polar surface area (TPSA) is 67.6 Å². The van der Waals surface area contributed by atoms with Gasteiger partial charge in [0, 0.05) is 0 Å². The maximum Gasteiger partial charge on any atom is 0.276 e. The van der Waals surface area contributed by atoms with Crippen molar-refractivity contribution in [1.29, 1.82) is 0 Å². The van der Waals surface area contributed by atoms with E-state index in [1.807, 2.05) is 42.5 Å². The Balaban J connectivity index is 1.59. The summed E-state index contributed by atoms with van der Waals surface area (Å²) in [6.07, 6.45) is 3.22. The summed E-state index contributed by atoms with van der Waals surface area (Å²) in [5.41, 5.74) is 13.3. The number of ether oxygens (including phenoxy) is 1. The molecule has 0 bridgehead atoms. The molecule has 0 heterocycles. The van der Waals surface area contributed by atoms with E-state index in [1.54, 1.807) is 0 Å². The molecule has 1 aliphatic carbocycles. The number of carbonyl (C=O) groups excluding carboxylic acids is 1. The number of fused-ring (bicyclic) bond motifs is 1. The number of carbonyl (C=O) groups is 1. The zero-order chi connectivity index (χ0) is 18.5. The lowest BCUT2D eigenvalue weighted by atomic mass is 10.0. The summed E-state index contributed by atoms with van der Waals surface area (Å²) in [6.45, 7) is 2.44. The molecule has 6 heteroatoms. The van der Waals surface area contributed by atoms with Crippen molar-refractivity contribution in [3.8, 4) is 5.75 Å². The first-order chi connectivity index (χ1) is 12.5. The van der Waals surface area contributed by atoms with Crippen LogP contribution in [0.4, 0.5) is 0 Å². The zero-order valence-electron chi connectivity index (χ0n) is 14.8. The molecule has 3 rings (SSSR count). The Hall–Kier alpha value is -2.60. The van der Waals surface area contributed by atoms with Crippen LogP contribution in [0.15, 0.2) is 42.5 Å². The van der Waals surface area contributed by atoms with Gasteiger partial charge in [-0.05, 0) is 66.7 Å². The second kappa shape index (κ2) is 8.19. The van der Waals surface area contributed by atoms with Crippen molar-refractivity contribution in [2.45, 2.75) is 32.7 Å². The minimum absolute atomic E-state index is 0.0800. The molecule has 1 aliphatic rings. The Morgan fingerprint density at radius 1 is 1.19 bits per heavy atom. The van der Waals surface area contributed by atoms with Crippen LogP contribution in [0.5, 0.6) is 5.75 Å². The van der Waals surface area contributed by atoms with Crippen LogP contribution in [0.3, 0.4) is 0 Å². The Kier molecular flexibility index (Phi) is 5.73. The number of nitrogens with zero attached hydrogens (tertiary/aromatic N) is 1. The lowest BCUT2D eigenvalue weighted by Crippen LogP contribution is -2.49. The minimum atomic E-state index is -0.291. The molecule has 0 unspecified atom stereocenters. The molecule has 0 saturated carbocycles. The Morgan fingerprint density at radius 3 is 2.65 bits per heavy atom. The second-order valence-electron chi connectivity index (χ2n) is 6.42. The number of benzene rings is 2. The average Bonchev–Trinajstić information content (AvgIpc) is 3.12. The van der Waals surface area contributed by atoms with Gasteiger partial charge in [-0.25, -0.2) is 0 Å². The van der Waals surface area contributed by atoms with Crippen molar-refractivity contribution in [1.82, 2.24) is 10.4 Å². The molecular formula is C20H23N3O2S. The first kappa shape index (κ1) is 18.2. The number of hydrogen-bond donors (Lipinski definition) is 2. The summed E-state index contributed by atoms with van der Waals surface area (Å²) in [6, 6.07) is 13.7. The van der Waals surface area contributed by atoms with E-state index in [0.29, 0.717) is 6.54 Å². The Morgan fingerprint density at radius 2 is 1.92 bits per heavy atom. The van der Waals surface area contributed by atoms with Crippen molar-refractivity contribution in [3.05, 3.63) is 64.7 Å². The molecule has 26 heavy (non-hydrogen) atoms. The summed E-state index contributed by atoms with van der Waals surface area (Å²) < 4.78 is 5.77. The van der Waals surface area contributed by atoms with Crippen molar-refractivity contribution in [3.63, 3.8) is 0 Å². The van der Waals surface area contributed by atoms with Crippen molar-refractivity contribution in [2.24, 2.45) is 5.73 Å². The van der Waals surface area contributed by atoms with Crippen LogP contribution in [0, 0.1) is 6.92 Å². The van der Waals surface area contributed by atoms with Crippen molar-refractivity contribution in [2.75, 3.05) is 6.61 Å². The molecule has 0 spiro atoms. The van der Waals surface area contributed by atoms with Crippen LogP contribution < -0.4 is 15.9 Å². The number of hydrazine groups is 1. The third-order valence-corrected chi connectivity index (χ3v) is 4.76. The van der Waals surface area contributed by atoms with Gasteiger partial charge < -0.3 is 10.5 Å². The summed E-state index contributed by atoms with van der Waals surface area (Å²) >= 11 is 5.04. The number of amides is 1. The highest BCUT2D eigenvalue weighted by Crippen LogP contribution is 2.32. The molecule has 2 aromatic rings. The van der Waals surface area contributed by atoms with Gasteiger partial charge >= 0.3 is 0 Å². The third kappa shape index (κ3) is 4.32. The Bertz CT molecular complexity index is 808. The molecule has 2 aromatic carbocycles. The van der Waals surface area contributed by atoms with Crippen LogP contribution in [-0.4, -0.2) is 22.6 Å². The summed E-state index contributed by atoms with van der Waals surface area (Å²) in [7, 11) is 0. The van der Waals surface area contributed by atoms with Crippen LogP contribution >= 0.6 is 12.2 Å². The molecule has 0 atom stereocenters. The van der Waals surface area contributed by atoms with Crippen LogP contribution in [-0.2, 0) is 24.2 Å². The highest BCUT2D eigenvalue weighted by atomic mass is 32.1. The number of hydrogen-bond acceptors (Lipinski definition) is 3. The van der Waals surface area contributed by atoms with E-state index in [4.69, 9.17) is 22.7 Å². The van der Waals surface area contributed by atoms with E-state index in [0.717, 1.165) is 30.6 Å². The van der Waals surface area contributed by atoms with E-state index in [-0.39, 0.29) is 17.6 Å². The third-order valence-electron chi connectivity index (χ3n) is 4.54. The molecule has 0 aliphatic heterocycles. The summed E-state index contributed by atoms with van der Waals surface area (Å²) in [5.74, 6) is 0.504. The maximum absolute atomic E-state index is 12.3. The fourth-order valence-corrected chi connectivity index (χ4v) is 3.36. The van der Waals surface area contributed by atoms with Gasteiger partial charge in [0.1, 0.15) is 5.75 Å². The first-order valence-corrected chi connectivity index (χ1v) is 9.10. The van der Waals surface area contributed by atoms with Crippen LogP contribution in [0.2, 0.25) is 0 Å². The van der Waals surface area contributed by atoms with Crippen molar-refractivity contribution < 1.29 is 9.53 Å². The minimum Gasteiger partial charge on any atom is -0.483 e. The molecule has 0 radical (unpaired) electrons. The SMILES string of the molecule is Cc1ccc(OCC(=O)NN(Cc2ccccc2)C(N)=S)c2c1CCC2. The van der Waals surface area contributed by atoms with Gasteiger partial charge in [-0.15, -0.1) is 0 Å². The van der Waals surface area contributed by atoms with Crippen LogP contribution in [0.25, 0.3) is 0 Å². The average molecular weight is 369 g/mol. The molecular weight excluding hydrogens is 346 g/mol. The van der Waals surface area contributed by atoms with Crippen molar-refractivity contribution >= 4 is 23.2 Å². The van der Waals surface area contributed by atoms with E-state index < -0.39 is 0 Å². The fourth-order valence-electron chi connectivity index (χ4n) is 3.25. The summed E-state index contributed by atoms with van der Waals surface area (Å²) in [5, 5.41) is 1.56. The lowest BCUT2D eigenvalue weighted by Gasteiger charge is -2.23. The summed E-state index contributed by atoms with van der Waals surface area (Å²) in [4.78, 5) is 12.3. The van der Waals surface area contributed by atoms with Gasteiger partial charge in [0.05, 0.1) is 6.54 Å². The number of aryl methyl sites for hydroxylation is 1. The number of thiocarbonyl (C=S) groups is 1. The normalized spacial score (nSPS) is 12.3. The quantitative estimate of drug-likeness (QED) is 0.626. The number of nitrogens with one attached hydrogen (secondary N) is 1. The molecule has 0 aromatic heterocycles. The Labute approximate surface area is 159 Å². The van der Waals surface area contributed by atoms with E-state index in [2.05, 4.69) is 12.3 Å². The van der Waals surface area contributed by atoms with Gasteiger partial charge in [0.2, 0.25) is 0 Å². The van der Waals surface area contributed by atoms with E-state index in [9.17, 15) is 4.79 Å². The lowest BCUT2D eigenvalue weighted by molar-refractivity contribution is -0.126. The predicted octanol–water partition coefficient (Wildman–Crippen LogP) is 2.64. The highest BCUT2D eigenvalue weighted by Gasteiger charge is 2.19. The number of rotatable bonds is 5.